The highest BCUT2D eigenvalue weighted by Gasteiger charge is 2.21. The van der Waals surface area contributed by atoms with Gasteiger partial charge in [-0.3, -0.25) is 0 Å². The number of benzene rings is 1. The quantitative estimate of drug-likeness (QED) is 0.694. The molecule has 0 atom stereocenters. The molecule has 0 aliphatic rings. The lowest BCUT2D eigenvalue weighted by atomic mass is 10.1. The van der Waals surface area contributed by atoms with Crippen LogP contribution in [0.4, 0.5) is 0 Å². The molecular formula is C13H22N2O4S. The number of hydrogen-bond donors (Lipinski definition) is 3. The predicted octanol–water partition coefficient (Wildman–Crippen LogP) is 0.818. The number of ether oxygens (including phenoxy) is 1. The zero-order chi connectivity index (χ0) is 15.4. The van der Waals surface area contributed by atoms with E-state index < -0.39 is 15.6 Å². The molecule has 0 amide bonds. The lowest BCUT2D eigenvalue weighted by Gasteiger charge is -2.25. The van der Waals surface area contributed by atoms with E-state index in [2.05, 4.69) is 10.0 Å². The summed E-state index contributed by atoms with van der Waals surface area (Å²) in [4.78, 5) is 0. The van der Waals surface area contributed by atoms with E-state index in [1.54, 1.807) is 26.0 Å². The first-order valence-electron chi connectivity index (χ1n) is 6.18. The number of phenols is 1. The van der Waals surface area contributed by atoms with Crippen molar-refractivity contribution in [2.75, 3.05) is 19.9 Å². The van der Waals surface area contributed by atoms with E-state index in [1.807, 2.05) is 0 Å². The SMILES string of the molecule is COc1ccc(CNCC(C)(C)NS(C)(=O)=O)c(O)c1. The van der Waals surface area contributed by atoms with Gasteiger partial charge in [0.05, 0.1) is 13.4 Å². The Morgan fingerprint density at radius 3 is 2.50 bits per heavy atom. The van der Waals surface area contributed by atoms with E-state index in [1.165, 1.54) is 13.2 Å². The Hall–Kier alpha value is -1.31. The molecule has 3 N–H and O–H groups in total. The van der Waals surface area contributed by atoms with Gasteiger partial charge in [-0.1, -0.05) is 6.07 Å². The number of rotatable bonds is 7. The monoisotopic (exact) mass is 302 g/mol. The fourth-order valence-electron chi connectivity index (χ4n) is 1.87. The maximum atomic E-state index is 11.2. The van der Waals surface area contributed by atoms with Crippen LogP contribution in [-0.2, 0) is 16.6 Å². The third-order valence-electron chi connectivity index (χ3n) is 2.64. The lowest BCUT2D eigenvalue weighted by Crippen LogP contribution is -2.49. The third-order valence-corrected chi connectivity index (χ3v) is 3.56. The normalized spacial score (nSPS) is 12.4. The second-order valence-electron chi connectivity index (χ2n) is 5.36. The highest BCUT2D eigenvalue weighted by Crippen LogP contribution is 2.23. The minimum absolute atomic E-state index is 0.144. The van der Waals surface area contributed by atoms with Crippen molar-refractivity contribution in [1.82, 2.24) is 10.0 Å². The van der Waals surface area contributed by atoms with Gasteiger partial charge in [0.15, 0.2) is 0 Å². The number of methoxy groups -OCH3 is 1. The van der Waals surface area contributed by atoms with Gasteiger partial charge in [-0.15, -0.1) is 0 Å². The first-order chi connectivity index (χ1) is 9.13. The number of nitrogens with one attached hydrogen (secondary N) is 2. The van der Waals surface area contributed by atoms with Gasteiger partial charge in [-0.05, 0) is 19.9 Å². The summed E-state index contributed by atoms with van der Waals surface area (Å²) in [5.41, 5.74) is 0.122. The number of hydrogen-bond acceptors (Lipinski definition) is 5. The van der Waals surface area contributed by atoms with Crippen LogP contribution in [-0.4, -0.2) is 39.0 Å². The standard InChI is InChI=1S/C13H22N2O4S/c1-13(2,15-20(4,17)18)9-14-8-10-5-6-11(19-3)7-12(10)16/h5-7,14-16H,8-9H2,1-4H3. The maximum absolute atomic E-state index is 11.2. The Labute approximate surface area is 120 Å². The van der Waals surface area contributed by atoms with E-state index in [4.69, 9.17) is 4.74 Å². The molecule has 0 fully saturated rings. The van der Waals surface area contributed by atoms with Gasteiger partial charge in [-0.2, -0.15) is 0 Å². The molecule has 0 heterocycles. The van der Waals surface area contributed by atoms with Crippen molar-refractivity contribution in [2.24, 2.45) is 0 Å². The van der Waals surface area contributed by atoms with Gasteiger partial charge in [-0.25, -0.2) is 13.1 Å². The zero-order valence-electron chi connectivity index (χ0n) is 12.2. The van der Waals surface area contributed by atoms with Crippen molar-refractivity contribution in [1.29, 1.82) is 0 Å². The van der Waals surface area contributed by atoms with Gasteiger partial charge in [0.25, 0.3) is 0 Å². The Morgan fingerprint density at radius 2 is 2.00 bits per heavy atom. The van der Waals surface area contributed by atoms with Crippen molar-refractivity contribution in [3.05, 3.63) is 23.8 Å². The smallest absolute Gasteiger partial charge is 0.209 e. The summed E-state index contributed by atoms with van der Waals surface area (Å²) in [6.07, 6.45) is 1.13. The van der Waals surface area contributed by atoms with Crippen LogP contribution < -0.4 is 14.8 Å². The Morgan fingerprint density at radius 1 is 1.35 bits per heavy atom. The summed E-state index contributed by atoms with van der Waals surface area (Å²) in [6.45, 7) is 4.44. The molecule has 20 heavy (non-hydrogen) atoms. The molecule has 1 aromatic carbocycles. The van der Waals surface area contributed by atoms with Crippen molar-refractivity contribution < 1.29 is 18.3 Å². The van der Waals surface area contributed by atoms with E-state index in [0.717, 1.165) is 11.8 Å². The summed E-state index contributed by atoms with van der Waals surface area (Å²) >= 11 is 0. The molecule has 1 aromatic rings. The molecule has 0 aromatic heterocycles. The lowest BCUT2D eigenvalue weighted by molar-refractivity contribution is 0.401. The molecule has 114 valence electrons. The van der Waals surface area contributed by atoms with E-state index in [0.29, 0.717) is 18.8 Å². The number of aromatic hydroxyl groups is 1. The molecule has 0 aliphatic heterocycles. The summed E-state index contributed by atoms with van der Waals surface area (Å²) in [5.74, 6) is 0.732. The van der Waals surface area contributed by atoms with Gasteiger partial charge >= 0.3 is 0 Å². The highest BCUT2D eigenvalue weighted by molar-refractivity contribution is 7.88. The Balaban J connectivity index is 2.56. The zero-order valence-corrected chi connectivity index (χ0v) is 13.0. The highest BCUT2D eigenvalue weighted by atomic mass is 32.2. The van der Waals surface area contributed by atoms with Crippen LogP contribution in [0.3, 0.4) is 0 Å². The van der Waals surface area contributed by atoms with Crippen LogP contribution in [0.15, 0.2) is 18.2 Å². The van der Waals surface area contributed by atoms with Gasteiger partial charge in [0.2, 0.25) is 10.0 Å². The second kappa shape index (κ2) is 6.43. The fourth-order valence-corrected chi connectivity index (χ4v) is 2.94. The van der Waals surface area contributed by atoms with Gasteiger partial charge in [0.1, 0.15) is 11.5 Å². The summed E-state index contributed by atoms with van der Waals surface area (Å²) in [5, 5.41) is 12.9. The summed E-state index contributed by atoms with van der Waals surface area (Å²) in [7, 11) is -1.72. The van der Waals surface area contributed by atoms with Crippen LogP contribution in [0.2, 0.25) is 0 Å². The molecular weight excluding hydrogens is 280 g/mol. The van der Waals surface area contributed by atoms with Crippen molar-refractivity contribution in [3.63, 3.8) is 0 Å². The Kier molecular flexibility index (Phi) is 5.38. The van der Waals surface area contributed by atoms with E-state index >= 15 is 0 Å². The van der Waals surface area contributed by atoms with Crippen LogP contribution in [0.25, 0.3) is 0 Å². The van der Waals surface area contributed by atoms with Crippen LogP contribution in [0.5, 0.6) is 11.5 Å². The second-order valence-corrected chi connectivity index (χ2v) is 7.10. The minimum Gasteiger partial charge on any atom is -0.507 e. The molecule has 0 spiro atoms. The molecule has 0 saturated heterocycles. The summed E-state index contributed by atoms with van der Waals surface area (Å²) < 4.78 is 30.0. The Bertz CT molecular complexity index is 555. The summed E-state index contributed by atoms with van der Waals surface area (Å²) in [6, 6.07) is 5.06. The van der Waals surface area contributed by atoms with Crippen LogP contribution in [0, 0.1) is 0 Å². The first-order valence-corrected chi connectivity index (χ1v) is 8.08. The topological polar surface area (TPSA) is 87.7 Å². The first kappa shape index (κ1) is 16.7. The molecule has 0 bridgehead atoms. The fraction of sp³-hybridized carbons (Fsp3) is 0.538. The van der Waals surface area contributed by atoms with Crippen molar-refractivity contribution in [2.45, 2.75) is 25.9 Å². The third kappa shape index (κ3) is 5.77. The average Bonchev–Trinajstić information content (AvgIpc) is 2.27. The molecule has 0 radical (unpaired) electrons. The number of phenolic OH excluding ortho intramolecular Hbond substituents is 1. The van der Waals surface area contributed by atoms with Crippen LogP contribution in [0.1, 0.15) is 19.4 Å². The minimum atomic E-state index is -3.25. The molecule has 6 nitrogen and oxygen atoms in total. The van der Waals surface area contributed by atoms with Crippen molar-refractivity contribution in [3.8, 4) is 11.5 Å². The molecule has 0 unspecified atom stereocenters. The molecule has 7 heteroatoms. The van der Waals surface area contributed by atoms with Gasteiger partial charge in [0, 0.05) is 30.3 Å². The van der Waals surface area contributed by atoms with Crippen molar-refractivity contribution >= 4 is 10.0 Å². The van der Waals surface area contributed by atoms with Gasteiger partial charge < -0.3 is 15.2 Å². The largest absolute Gasteiger partial charge is 0.507 e. The average molecular weight is 302 g/mol. The predicted molar refractivity (Wildman–Crippen MR) is 78.4 cm³/mol. The van der Waals surface area contributed by atoms with E-state index in [9.17, 15) is 13.5 Å². The van der Waals surface area contributed by atoms with Crippen LogP contribution >= 0.6 is 0 Å². The molecule has 0 aliphatic carbocycles. The molecule has 0 saturated carbocycles. The maximum Gasteiger partial charge on any atom is 0.209 e. The van der Waals surface area contributed by atoms with E-state index in [-0.39, 0.29) is 5.75 Å². The molecule has 1 rings (SSSR count). The number of sulfonamides is 1.